The van der Waals surface area contributed by atoms with Crippen molar-refractivity contribution in [1.82, 2.24) is 25.3 Å². The van der Waals surface area contributed by atoms with Gasteiger partial charge >= 0.3 is 0 Å². The van der Waals surface area contributed by atoms with Gasteiger partial charge in [-0.2, -0.15) is 5.10 Å². The number of likely N-dealkylation sites (tertiary alicyclic amines) is 1. The molecular formula is C26H31N5O5. The van der Waals surface area contributed by atoms with Crippen molar-refractivity contribution in [1.29, 1.82) is 0 Å². The minimum absolute atomic E-state index is 0.0813. The molecule has 3 aliphatic heterocycles. The predicted molar refractivity (Wildman–Crippen MR) is 128 cm³/mol. The highest BCUT2D eigenvalue weighted by molar-refractivity contribution is 5.99. The van der Waals surface area contributed by atoms with Crippen LogP contribution < -0.4 is 14.8 Å². The molecule has 1 aromatic carbocycles. The van der Waals surface area contributed by atoms with Gasteiger partial charge in [-0.15, -0.1) is 5.10 Å². The van der Waals surface area contributed by atoms with Crippen molar-refractivity contribution in [2.24, 2.45) is 0 Å². The van der Waals surface area contributed by atoms with Crippen LogP contribution in [0.2, 0.25) is 0 Å². The van der Waals surface area contributed by atoms with Gasteiger partial charge < -0.3 is 24.8 Å². The molecule has 0 radical (unpaired) electrons. The number of aromatic nitrogens is 2. The quantitative estimate of drug-likeness (QED) is 0.622. The van der Waals surface area contributed by atoms with Crippen molar-refractivity contribution in [3.63, 3.8) is 0 Å². The summed E-state index contributed by atoms with van der Waals surface area (Å²) in [4.78, 5) is 28.7. The number of piperidine rings is 1. The Hall–Kier alpha value is -3.24. The van der Waals surface area contributed by atoms with Gasteiger partial charge in [-0.3, -0.25) is 14.5 Å². The number of aliphatic hydroxyl groups excluding tert-OH is 1. The van der Waals surface area contributed by atoms with Gasteiger partial charge in [0, 0.05) is 49.9 Å². The van der Waals surface area contributed by atoms with Gasteiger partial charge in [-0.05, 0) is 55.5 Å². The number of carbonyl (C=O) groups is 2. The van der Waals surface area contributed by atoms with Gasteiger partial charge in [-0.1, -0.05) is 6.42 Å². The maximum atomic E-state index is 13.0. The molecular weight excluding hydrogens is 462 g/mol. The van der Waals surface area contributed by atoms with Crippen molar-refractivity contribution >= 4 is 11.8 Å². The third-order valence-electron chi connectivity index (χ3n) is 7.79. The normalized spacial score (nSPS) is 28.9. The summed E-state index contributed by atoms with van der Waals surface area (Å²) in [7, 11) is 0. The second-order valence-electron chi connectivity index (χ2n) is 10.1. The van der Waals surface area contributed by atoms with Crippen molar-refractivity contribution in [3.05, 3.63) is 47.7 Å². The van der Waals surface area contributed by atoms with Crippen molar-refractivity contribution in [3.8, 4) is 11.6 Å². The molecule has 1 aromatic heterocycles. The van der Waals surface area contributed by atoms with E-state index in [2.05, 4.69) is 20.4 Å². The first-order chi connectivity index (χ1) is 17.5. The summed E-state index contributed by atoms with van der Waals surface area (Å²) in [6, 6.07) is 9.22. The van der Waals surface area contributed by atoms with Crippen LogP contribution in [-0.4, -0.2) is 80.5 Å². The Morgan fingerprint density at radius 1 is 1.03 bits per heavy atom. The third-order valence-corrected chi connectivity index (χ3v) is 7.79. The first kappa shape index (κ1) is 23.2. The van der Waals surface area contributed by atoms with E-state index in [9.17, 15) is 14.7 Å². The molecule has 10 heteroatoms. The van der Waals surface area contributed by atoms with Crippen molar-refractivity contribution in [2.75, 3.05) is 13.1 Å². The number of ether oxygens (including phenoxy) is 2. The zero-order valence-electron chi connectivity index (χ0n) is 20.1. The largest absolute Gasteiger partial charge is 0.489 e. The number of rotatable bonds is 6. The van der Waals surface area contributed by atoms with Crippen LogP contribution in [0.5, 0.6) is 11.6 Å². The monoisotopic (exact) mass is 493 g/mol. The van der Waals surface area contributed by atoms with E-state index in [1.165, 1.54) is 6.42 Å². The van der Waals surface area contributed by atoms with Crippen molar-refractivity contribution in [2.45, 2.75) is 75.6 Å². The van der Waals surface area contributed by atoms with E-state index in [1.807, 2.05) is 30.3 Å². The molecule has 2 N–H and O–H groups in total. The molecule has 2 saturated heterocycles. The average molecular weight is 494 g/mol. The number of nitrogens with zero attached hydrogens (tertiary/aromatic N) is 4. The SMILES string of the molecule is O=C1CCC(N2Cc3cc(O[C@@H]4CCCC[C@H]4N4CC(Oc5cccnn5)C4)ccc3C2=O)C(O)N1. The van der Waals surface area contributed by atoms with Crippen molar-refractivity contribution < 1.29 is 24.2 Å². The fourth-order valence-corrected chi connectivity index (χ4v) is 5.90. The summed E-state index contributed by atoms with van der Waals surface area (Å²) < 4.78 is 12.4. The number of hydrogen-bond donors (Lipinski definition) is 2. The van der Waals surface area contributed by atoms with Crippen LogP contribution >= 0.6 is 0 Å². The van der Waals surface area contributed by atoms with Crippen LogP contribution in [0.3, 0.4) is 0 Å². The maximum absolute atomic E-state index is 13.0. The van der Waals surface area contributed by atoms with Crippen LogP contribution in [0.1, 0.15) is 54.4 Å². The molecule has 4 aliphatic rings. The highest BCUT2D eigenvalue weighted by Gasteiger charge is 2.41. The molecule has 4 heterocycles. The molecule has 3 fully saturated rings. The van der Waals surface area contributed by atoms with Crippen LogP contribution in [0.15, 0.2) is 36.5 Å². The lowest BCUT2D eigenvalue weighted by molar-refractivity contribution is -0.129. The van der Waals surface area contributed by atoms with E-state index in [0.29, 0.717) is 36.9 Å². The number of aliphatic hydroxyl groups is 1. The smallest absolute Gasteiger partial charge is 0.254 e. The summed E-state index contributed by atoms with van der Waals surface area (Å²) in [5.74, 6) is 1.03. The Balaban J connectivity index is 1.09. The van der Waals surface area contributed by atoms with Gasteiger partial charge in [0.2, 0.25) is 11.8 Å². The molecule has 36 heavy (non-hydrogen) atoms. The highest BCUT2D eigenvalue weighted by Crippen LogP contribution is 2.34. The molecule has 6 rings (SSSR count). The van der Waals surface area contributed by atoms with E-state index in [0.717, 1.165) is 43.7 Å². The number of fused-ring (bicyclic) bond motifs is 1. The fourth-order valence-electron chi connectivity index (χ4n) is 5.90. The first-order valence-corrected chi connectivity index (χ1v) is 12.8. The molecule has 0 bridgehead atoms. The van der Waals surface area contributed by atoms with Gasteiger partial charge in [0.05, 0.1) is 6.04 Å². The second kappa shape index (κ2) is 9.67. The summed E-state index contributed by atoms with van der Waals surface area (Å²) in [6.07, 6.45) is 5.95. The molecule has 2 amide bonds. The van der Waals surface area contributed by atoms with Crippen LogP contribution in [0.4, 0.5) is 0 Å². The molecule has 1 aliphatic carbocycles. The van der Waals surface area contributed by atoms with E-state index >= 15 is 0 Å². The minimum atomic E-state index is -1.04. The molecule has 2 unspecified atom stereocenters. The van der Waals surface area contributed by atoms with Crippen LogP contribution in [0.25, 0.3) is 0 Å². The predicted octanol–water partition coefficient (Wildman–Crippen LogP) is 1.48. The number of benzene rings is 1. The Morgan fingerprint density at radius 2 is 1.89 bits per heavy atom. The maximum Gasteiger partial charge on any atom is 0.254 e. The highest BCUT2D eigenvalue weighted by atomic mass is 16.5. The van der Waals surface area contributed by atoms with Gasteiger partial charge in [0.1, 0.15) is 24.2 Å². The Bertz CT molecular complexity index is 1120. The van der Waals surface area contributed by atoms with E-state index in [4.69, 9.17) is 9.47 Å². The molecule has 2 aromatic rings. The lowest BCUT2D eigenvalue weighted by Crippen LogP contribution is -2.62. The summed E-state index contributed by atoms with van der Waals surface area (Å²) >= 11 is 0. The molecule has 1 saturated carbocycles. The summed E-state index contributed by atoms with van der Waals surface area (Å²) in [5.41, 5.74) is 1.54. The zero-order valence-corrected chi connectivity index (χ0v) is 20.1. The van der Waals surface area contributed by atoms with Crippen LogP contribution in [-0.2, 0) is 11.3 Å². The first-order valence-electron chi connectivity index (χ1n) is 12.8. The number of nitrogens with one attached hydrogen (secondary N) is 1. The molecule has 190 valence electrons. The molecule has 4 atom stereocenters. The van der Waals surface area contributed by atoms with E-state index in [-0.39, 0.29) is 24.0 Å². The lowest BCUT2D eigenvalue weighted by atomic mass is 9.89. The minimum Gasteiger partial charge on any atom is -0.489 e. The van der Waals surface area contributed by atoms with Gasteiger partial charge in [-0.25, -0.2) is 0 Å². The summed E-state index contributed by atoms with van der Waals surface area (Å²) in [5, 5.41) is 20.7. The summed E-state index contributed by atoms with van der Waals surface area (Å²) in [6.45, 7) is 2.09. The van der Waals surface area contributed by atoms with Gasteiger partial charge in [0.15, 0.2) is 0 Å². The standard InChI is InChI=1S/C26H31N5O5/c32-23-10-9-21(25(33)28-23)31-13-16-12-17(7-8-19(16)26(31)34)35-22-5-2-1-4-20(22)30-14-18(15-30)36-24-6-3-11-27-29-24/h3,6-8,11-12,18,20-22,25,33H,1-2,4-5,9-10,13-15H2,(H,28,32)/t20-,21?,22-,25?/m1/s1. The molecule has 0 spiro atoms. The number of carbonyl (C=O) groups excluding carboxylic acids is 2. The average Bonchev–Trinajstić information content (AvgIpc) is 3.18. The number of amides is 2. The third kappa shape index (κ3) is 4.51. The second-order valence-corrected chi connectivity index (χ2v) is 10.1. The Kier molecular flexibility index (Phi) is 6.22. The zero-order chi connectivity index (χ0) is 24.6. The Morgan fingerprint density at radius 3 is 2.69 bits per heavy atom. The topological polar surface area (TPSA) is 117 Å². The Labute approximate surface area is 209 Å². The van der Waals surface area contributed by atoms with Crippen LogP contribution in [0, 0.1) is 0 Å². The number of hydrogen-bond acceptors (Lipinski definition) is 8. The van der Waals surface area contributed by atoms with E-state index < -0.39 is 12.3 Å². The van der Waals surface area contributed by atoms with Gasteiger partial charge in [0.25, 0.3) is 5.91 Å². The fraction of sp³-hybridized carbons (Fsp3) is 0.538. The lowest BCUT2D eigenvalue weighted by Gasteiger charge is -2.47. The molecule has 10 nitrogen and oxygen atoms in total. The van der Waals surface area contributed by atoms with E-state index in [1.54, 1.807) is 11.1 Å².